The van der Waals surface area contributed by atoms with E-state index in [0.717, 1.165) is 15.9 Å². The van der Waals surface area contributed by atoms with Crippen LogP contribution in [0.4, 0.5) is 5.00 Å². The number of hydrogen-bond donors (Lipinski definition) is 0. The number of rotatable bonds is 3. The van der Waals surface area contributed by atoms with Crippen LogP contribution >= 0.6 is 11.3 Å². The lowest BCUT2D eigenvalue weighted by molar-refractivity contribution is 0.0990. The molecular formula is C15H13N3OS. The largest absolute Gasteiger partial charge is 0.299 e. The van der Waals surface area contributed by atoms with Crippen molar-refractivity contribution in [1.82, 2.24) is 9.97 Å². The molecule has 0 aliphatic carbocycles. The van der Waals surface area contributed by atoms with Crippen molar-refractivity contribution in [2.45, 2.75) is 6.92 Å². The highest BCUT2D eigenvalue weighted by Crippen LogP contribution is 2.24. The zero-order valence-electron chi connectivity index (χ0n) is 11.0. The highest BCUT2D eigenvalue weighted by Gasteiger charge is 2.19. The Hall–Kier alpha value is -2.27. The van der Waals surface area contributed by atoms with Gasteiger partial charge in [0.05, 0.1) is 17.2 Å². The molecular weight excluding hydrogens is 270 g/mol. The quantitative estimate of drug-likeness (QED) is 0.740. The summed E-state index contributed by atoms with van der Waals surface area (Å²) >= 11 is 1.46. The standard InChI is InChI=1S/C15H13N3OS/c1-2-18(14-9-16-10-20-14)15(19)12-5-3-7-13-11(12)6-4-8-17-13/h3-10H,2H2,1H3. The van der Waals surface area contributed by atoms with E-state index >= 15 is 0 Å². The normalized spacial score (nSPS) is 10.7. The molecule has 5 heteroatoms. The third-order valence-electron chi connectivity index (χ3n) is 3.12. The van der Waals surface area contributed by atoms with Gasteiger partial charge in [-0.1, -0.05) is 12.1 Å². The van der Waals surface area contributed by atoms with Crippen LogP contribution in [-0.4, -0.2) is 22.4 Å². The van der Waals surface area contributed by atoms with E-state index in [-0.39, 0.29) is 5.91 Å². The number of pyridine rings is 1. The summed E-state index contributed by atoms with van der Waals surface area (Å²) in [6.45, 7) is 2.57. The van der Waals surface area contributed by atoms with Crippen LogP contribution in [0.15, 0.2) is 48.2 Å². The fourth-order valence-corrected chi connectivity index (χ4v) is 2.87. The fourth-order valence-electron chi connectivity index (χ4n) is 2.18. The number of fused-ring (bicyclic) bond motifs is 1. The average molecular weight is 283 g/mol. The maximum absolute atomic E-state index is 12.8. The predicted octanol–water partition coefficient (Wildman–Crippen LogP) is 3.36. The van der Waals surface area contributed by atoms with Gasteiger partial charge in [0, 0.05) is 23.7 Å². The Morgan fingerprint density at radius 1 is 1.30 bits per heavy atom. The van der Waals surface area contributed by atoms with Gasteiger partial charge in [0.25, 0.3) is 5.91 Å². The maximum atomic E-state index is 12.8. The van der Waals surface area contributed by atoms with Gasteiger partial charge in [-0.2, -0.15) is 0 Å². The van der Waals surface area contributed by atoms with Crippen molar-refractivity contribution in [3.63, 3.8) is 0 Å². The second kappa shape index (κ2) is 5.38. The average Bonchev–Trinajstić information content (AvgIpc) is 3.01. The molecule has 4 nitrogen and oxygen atoms in total. The van der Waals surface area contributed by atoms with Gasteiger partial charge in [-0.05, 0) is 25.1 Å². The Bertz CT molecular complexity index is 734. The molecule has 0 saturated carbocycles. The Kier molecular flexibility index (Phi) is 3.43. The fraction of sp³-hybridized carbons (Fsp3) is 0.133. The van der Waals surface area contributed by atoms with E-state index in [2.05, 4.69) is 9.97 Å². The van der Waals surface area contributed by atoms with E-state index < -0.39 is 0 Å². The number of amides is 1. The summed E-state index contributed by atoms with van der Waals surface area (Å²) in [7, 11) is 0. The first-order chi connectivity index (χ1) is 9.81. The number of aromatic nitrogens is 2. The summed E-state index contributed by atoms with van der Waals surface area (Å²) in [5.41, 5.74) is 3.24. The summed E-state index contributed by atoms with van der Waals surface area (Å²) < 4.78 is 0. The highest BCUT2D eigenvalue weighted by atomic mass is 32.1. The van der Waals surface area contributed by atoms with E-state index in [1.165, 1.54) is 11.3 Å². The molecule has 100 valence electrons. The van der Waals surface area contributed by atoms with Crippen molar-refractivity contribution >= 4 is 33.1 Å². The van der Waals surface area contributed by atoms with Crippen molar-refractivity contribution in [3.8, 4) is 0 Å². The summed E-state index contributed by atoms with van der Waals surface area (Å²) in [5, 5.41) is 1.74. The van der Waals surface area contributed by atoms with E-state index in [0.29, 0.717) is 12.1 Å². The summed E-state index contributed by atoms with van der Waals surface area (Å²) in [4.78, 5) is 22.8. The monoisotopic (exact) mass is 283 g/mol. The predicted molar refractivity (Wildman–Crippen MR) is 81.2 cm³/mol. The molecule has 0 bridgehead atoms. The molecule has 0 aliphatic heterocycles. The Balaban J connectivity index is 2.08. The van der Waals surface area contributed by atoms with Gasteiger partial charge in [-0.15, -0.1) is 11.3 Å². The number of nitrogens with zero attached hydrogens (tertiary/aromatic N) is 3. The van der Waals surface area contributed by atoms with Crippen molar-refractivity contribution in [1.29, 1.82) is 0 Å². The third kappa shape index (κ3) is 2.16. The second-order valence-electron chi connectivity index (χ2n) is 4.26. The molecule has 1 amide bonds. The Labute approximate surface area is 120 Å². The smallest absolute Gasteiger partial charge is 0.259 e. The summed E-state index contributed by atoms with van der Waals surface area (Å²) in [6.07, 6.45) is 3.45. The van der Waals surface area contributed by atoms with E-state index in [9.17, 15) is 4.79 Å². The van der Waals surface area contributed by atoms with Crippen LogP contribution in [0.3, 0.4) is 0 Å². The lowest BCUT2D eigenvalue weighted by Gasteiger charge is -2.19. The van der Waals surface area contributed by atoms with Crippen LogP contribution in [0.5, 0.6) is 0 Å². The van der Waals surface area contributed by atoms with Crippen molar-refractivity contribution in [3.05, 3.63) is 53.8 Å². The minimum absolute atomic E-state index is 0.0182. The van der Waals surface area contributed by atoms with Gasteiger partial charge in [-0.25, -0.2) is 0 Å². The molecule has 0 saturated heterocycles. The lowest BCUT2D eigenvalue weighted by atomic mass is 10.1. The lowest BCUT2D eigenvalue weighted by Crippen LogP contribution is -2.30. The minimum atomic E-state index is -0.0182. The van der Waals surface area contributed by atoms with Gasteiger partial charge in [0.15, 0.2) is 0 Å². The number of thiazole rings is 1. The van der Waals surface area contributed by atoms with E-state index in [1.807, 2.05) is 37.3 Å². The van der Waals surface area contributed by atoms with Gasteiger partial charge in [0.1, 0.15) is 5.00 Å². The minimum Gasteiger partial charge on any atom is -0.299 e. The van der Waals surface area contributed by atoms with E-state index in [1.54, 1.807) is 22.8 Å². The molecule has 0 spiro atoms. The first kappa shape index (κ1) is 12.7. The van der Waals surface area contributed by atoms with Crippen LogP contribution in [0, 0.1) is 0 Å². The SMILES string of the molecule is CCN(C(=O)c1cccc2ncccc12)c1cncs1. The van der Waals surface area contributed by atoms with Crippen LogP contribution in [0.2, 0.25) is 0 Å². The van der Waals surface area contributed by atoms with Gasteiger partial charge in [0.2, 0.25) is 0 Å². The number of benzene rings is 1. The summed E-state index contributed by atoms with van der Waals surface area (Å²) in [5.74, 6) is -0.0182. The number of carbonyl (C=O) groups excluding carboxylic acids is 1. The highest BCUT2D eigenvalue weighted by molar-refractivity contribution is 7.14. The molecule has 3 rings (SSSR count). The summed E-state index contributed by atoms with van der Waals surface area (Å²) in [6, 6.07) is 9.40. The first-order valence-corrected chi connectivity index (χ1v) is 7.23. The molecule has 0 radical (unpaired) electrons. The zero-order valence-corrected chi connectivity index (χ0v) is 11.8. The van der Waals surface area contributed by atoms with Crippen LogP contribution in [0.1, 0.15) is 17.3 Å². The first-order valence-electron chi connectivity index (χ1n) is 6.35. The molecule has 20 heavy (non-hydrogen) atoms. The third-order valence-corrected chi connectivity index (χ3v) is 3.92. The van der Waals surface area contributed by atoms with Crippen LogP contribution in [-0.2, 0) is 0 Å². The van der Waals surface area contributed by atoms with E-state index in [4.69, 9.17) is 0 Å². The number of carbonyl (C=O) groups is 1. The topological polar surface area (TPSA) is 46.1 Å². The van der Waals surface area contributed by atoms with Crippen LogP contribution < -0.4 is 4.90 Å². The molecule has 2 aromatic heterocycles. The molecule has 3 aromatic rings. The molecule has 0 aliphatic rings. The number of anilines is 1. The second-order valence-corrected chi connectivity index (χ2v) is 5.13. The van der Waals surface area contributed by atoms with Crippen molar-refractivity contribution in [2.75, 3.05) is 11.4 Å². The molecule has 0 fully saturated rings. The van der Waals surface area contributed by atoms with Gasteiger partial charge < -0.3 is 0 Å². The molecule has 0 N–H and O–H groups in total. The Morgan fingerprint density at radius 3 is 2.95 bits per heavy atom. The Morgan fingerprint density at radius 2 is 2.20 bits per heavy atom. The van der Waals surface area contributed by atoms with Gasteiger partial charge >= 0.3 is 0 Å². The maximum Gasteiger partial charge on any atom is 0.259 e. The molecule has 0 atom stereocenters. The molecule has 1 aromatic carbocycles. The zero-order chi connectivity index (χ0) is 13.9. The molecule has 2 heterocycles. The van der Waals surface area contributed by atoms with Gasteiger partial charge in [-0.3, -0.25) is 19.7 Å². The van der Waals surface area contributed by atoms with Crippen molar-refractivity contribution in [2.24, 2.45) is 0 Å². The van der Waals surface area contributed by atoms with Crippen molar-refractivity contribution < 1.29 is 4.79 Å². The number of hydrogen-bond acceptors (Lipinski definition) is 4. The van der Waals surface area contributed by atoms with Crippen LogP contribution in [0.25, 0.3) is 10.9 Å². The molecule has 0 unspecified atom stereocenters.